The molecule has 0 fully saturated rings. The van der Waals surface area contributed by atoms with E-state index in [9.17, 15) is 9.59 Å². The van der Waals surface area contributed by atoms with Crippen LogP contribution in [0.15, 0.2) is 66.7 Å². The highest BCUT2D eigenvalue weighted by Gasteiger charge is 2.12. The zero-order valence-electron chi connectivity index (χ0n) is 16.2. The summed E-state index contributed by atoms with van der Waals surface area (Å²) in [7, 11) is 0. The van der Waals surface area contributed by atoms with Gasteiger partial charge in [-0.1, -0.05) is 41.9 Å². The second-order valence-corrected chi connectivity index (χ2v) is 7.00. The molecular weight excluding hydrogens is 388 g/mol. The molecular formula is C23H21ClN2O3. The fraction of sp³-hybridized carbons (Fsp3) is 0.130. The summed E-state index contributed by atoms with van der Waals surface area (Å²) in [6.45, 7) is 3.73. The molecule has 0 radical (unpaired) electrons. The zero-order valence-corrected chi connectivity index (χ0v) is 16.9. The van der Waals surface area contributed by atoms with E-state index in [-0.39, 0.29) is 18.4 Å². The minimum atomic E-state index is -0.319. The van der Waals surface area contributed by atoms with Gasteiger partial charge in [-0.2, -0.15) is 0 Å². The summed E-state index contributed by atoms with van der Waals surface area (Å²) in [5.74, 6) is 0.0861. The van der Waals surface area contributed by atoms with E-state index >= 15 is 0 Å². The Kier molecular flexibility index (Phi) is 6.52. The number of amides is 2. The lowest BCUT2D eigenvalue weighted by atomic mass is 10.1. The lowest BCUT2D eigenvalue weighted by Gasteiger charge is -2.14. The summed E-state index contributed by atoms with van der Waals surface area (Å²) in [4.78, 5) is 24.8. The van der Waals surface area contributed by atoms with Gasteiger partial charge in [0, 0.05) is 10.6 Å². The van der Waals surface area contributed by atoms with Gasteiger partial charge < -0.3 is 15.4 Å². The van der Waals surface area contributed by atoms with Gasteiger partial charge in [0.05, 0.1) is 11.4 Å². The number of hydrogen-bond acceptors (Lipinski definition) is 3. The van der Waals surface area contributed by atoms with E-state index in [0.717, 1.165) is 11.1 Å². The summed E-state index contributed by atoms with van der Waals surface area (Å²) in [5.41, 5.74) is 3.38. The average molecular weight is 409 g/mol. The number of ether oxygens (including phenoxy) is 1. The van der Waals surface area contributed by atoms with Crippen molar-refractivity contribution in [3.8, 4) is 5.75 Å². The molecule has 3 aromatic carbocycles. The molecule has 0 atom stereocenters. The SMILES string of the molecule is Cc1cccc(C)c1OCC(=O)Nc1ccccc1NC(=O)c1ccc(Cl)cc1. The summed E-state index contributed by atoms with van der Waals surface area (Å²) in [6, 6.07) is 19.4. The van der Waals surface area contributed by atoms with Gasteiger partial charge in [-0.05, 0) is 61.4 Å². The topological polar surface area (TPSA) is 67.4 Å². The highest BCUT2D eigenvalue weighted by atomic mass is 35.5. The molecule has 2 N–H and O–H groups in total. The maximum atomic E-state index is 12.5. The van der Waals surface area contributed by atoms with Gasteiger partial charge in [0.25, 0.3) is 11.8 Å². The molecule has 0 aliphatic carbocycles. The third-order valence-corrected chi connectivity index (χ3v) is 4.56. The molecule has 0 aliphatic heterocycles. The summed E-state index contributed by atoms with van der Waals surface area (Å²) in [5, 5.41) is 6.15. The van der Waals surface area contributed by atoms with Crippen LogP contribution < -0.4 is 15.4 Å². The van der Waals surface area contributed by atoms with Crippen LogP contribution >= 0.6 is 11.6 Å². The fourth-order valence-corrected chi connectivity index (χ4v) is 2.97. The van der Waals surface area contributed by atoms with Crippen molar-refractivity contribution in [2.24, 2.45) is 0 Å². The Balaban J connectivity index is 1.66. The van der Waals surface area contributed by atoms with Crippen LogP contribution in [0.4, 0.5) is 11.4 Å². The largest absolute Gasteiger partial charge is 0.483 e. The van der Waals surface area contributed by atoms with E-state index in [0.29, 0.717) is 27.7 Å². The number of carbonyl (C=O) groups excluding carboxylic acids is 2. The van der Waals surface area contributed by atoms with E-state index < -0.39 is 0 Å². The number of benzene rings is 3. The van der Waals surface area contributed by atoms with Gasteiger partial charge in [-0.25, -0.2) is 0 Å². The summed E-state index contributed by atoms with van der Waals surface area (Å²) in [6.07, 6.45) is 0. The van der Waals surface area contributed by atoms with Crippen molar-refractivity contribution in [2.75, 3.05) is 17.2 Å². The zero-order chi connectivity index (χ0) is 20.8. The molecule has 6 heteroatoms. The van der Waals surface area contributed by atoms with Gasteiger partial charge >= 0.3 is 0 Å². The van der Waals surface area contributed by atoms with Crippen LogP contribution in [0.1, 0.15) is 21.5 Å². The molecule has 0 unspecified atom stereocenters. The van der Waals surface area contributed by atoms with Crippen LogP contribution in [0, 0.1) is 13.8 Å². The van der Waals surface area contributed by atoms with Crippen molar-refractivity contribution in [1.29, 1.82) is 0 Å². The predicted molar refractivity (Wildman–Crippen MR) is 116 cm³/mol. The maximum Gasteiger partial charge on any atom is 0.262 e. The third-order valence-electron chi connectivity index (χ3n) is 4.31. The van der Waals surface area contributed by atoms with Gasteiger partial charge in [0.1, 0.15) is 5.75 Å². The number of carbonyl (C=O) groups is 2. The molecule has 29 heavy (non-hydrogen) atoms. The Bertz CT molecular complexity index is 1010. The normalized spacial score (nSPS) is 10.3. The van der Waals surface area contributed by atoms with Crippen molar-refractivity contribution in [1.82, 2.24) is 0 Å². The molecule has 0 saturated heterocycles. The average Bonchev–Trinajstić information content (AvgIpc) is 2.69. The first-order chi connectivity index (χ1) is 13.9. The number of halogens is 1. The number of nitrogens with one attached hydrogen (secondary N) is 2. The molecule has 0 bridgehead atoms. The lowest BCUT2D eigenvalue weighted by Crippen LogP contribution is -2.22. The second-order valence-electron chi connectivity index (χ2n) is 6.56. The summed E-state index contributed by atoms with van der Waals surface area (Å²) >= 11 is 5.86. The van der Waals surface area contributed by atoms with E-state index in [1.54, 1.807) is 48.5 Å². The van der Waals surface area contributed by atoms with Crippen LogP contribution in [-0.4, -0.2) is 18.4 Å². The van der Waals surface area contributed by atoms with Crippen LogP contribution in [0.2, 0.25) is 5.02 Å². The van der Waals surface area contributed by atoms with E-state index in [4.69, 9.17) is 16.3 Å². The molecule has 0 aromatic heterocycles. The molecule has 0 saturated carbocycles. The second kappa shape index (κ2) is 9.26. The molecule has 3 aromatic rings. The highest BCUT2D eigenvalue weighted by Crippen LogP contribution is 2.24. The smallest absolute Gasteiger partial charge is 0.262 e. The van der Waals surface area contributed by atoms with E-state index in [2.05, 4.69) is 10.6 Å². The van der Waals surface area contributed by atoms with Crippen LogP contribution in [0.3, 0.4) is 0 Å². The number of anilines is 2. The number of aryl methyl sites for hydroxylation is 2. The van der Waals surface area contributed by atoms with Gasteiger partial charge in [0.2, 0.25) is 0 Å². The molecule has 148 valence electrons. The summed E-state index contributed by atoms with van der Waals surface area (Å²) < 4.78 is 5.69. The van der Waals surface area contributed by atoms with Gasteiger partial charge in [-0.3, -0.25) is 9.59 Å². The van der Waals surface area contributed by atoms with Gasteiger partial charge in [-0.15, -0.1) is 0 Å². The Morgan fingerprint density at radius 2 is 1.41 bits per heavy atom. The van der Waals surface area contributed by atoms with Crippen LogP contribution in [-0.2, 0) is 4.79 Å². The fourth-order valence-electron chi connectivity index (χ4n) is 2.85. The van der Waals surface area contributed by atoms with E-state index in [1.807, 2.05) is 32.0 Å². The molecule has 0 spiro atoms. The molecule has 5 nitrogen and oxygen atoms in total. The molecule has 0 aliphatic rings. The maximum absolute atomic E-state index is 12.5. The van der Waals surface area contributed by atoms with Crippen molar-refractivity contribution < 1.29 is 14.3 Å². The van der Waals surface area contributed by atoms with Crippen molar-refractivity contribution in [3.63, 3.8) is 0 Å². The molecule has 2 amide bonds. The standard InChI is InChI=1S/C23H21ClN2O3/c1-15-6-5-7-16(2)22(15)29-14-21(27)25-19-8-3-4-9-20(19)26-23(28)17-10-12-18(24)13-11-17/h3-13H,14H2,1-2H3,(H,25,27)(H,26,28). The monoisotopic (exact) mass is 408 g/mol. The third kappa shape index (κ3) is 5.36. The first kappa shape index (κ1) is 20.4. The Morgan fingerprint density at radius 1 is 0.828 bits per heavy atom. The number of hydrogen-bond donors (Lipinski definition) is 2. The van der Waals surface area contributed by atoms with Crippen molar-refractivity contribution in [3.05, 3.63) is 88.4 Å². The Morgan fingerprint density at radius 3 is 2.03 bits per heavy atom. The minimum absolute atomic E-state index is 0.134. The molecule has 0 heterocycles. The van der Waals surface area contributed by atoms with Crippen molar-refractivity contribution in [2.45, 2.75) is 13.8 Å². The predicted octanol–water partition coefficient (Wildman–Crippen LogP) is 5.23. The Labute approximate surface area is 174 Å². The first-order valence-electron chi connectivity index (χ1n) is 9.09. The van der Waals surface area contributed by atoms with Gasteiger partial charge in [0.15, 0.2) is 6.61 Å². The minimum Gasteiger partial charge on any atom is -0.483 e. The Hall–Kier alpha value is -3.31. The highest BCUT2D eigenvalue weighted by molar-refractivity contribution is 6.30. The lowest BCUT2D eigenvalue weighted by molar-refractivity contribution is -0.118. The van der Waals surface area contributed by atoms with E-state index in [1.165, 1.54) is 0 Å². The number of para-hydroxylation sites is 3. The van der Waals surface area contributed by atoms with Crippen LogP contribution in [0.5, 0.6) is 5.75 Å². The van der Waals surface area contributed by atoms with Crippen LogP contribution in [0.25, 0.3) is 0 Å². The number of rotatable bonds is 6. The quantitative estimate of drug-likeness (QED) is 0.587. The van der Waals surface area contributed by atoms with Crippen molar-refractivity contribution >= 4 is 34.8 Å². The first-order valence-corrected chi connectivity index (χ1v) is 9.46. The molecule has 3 rings (SSSR count).